The number of aromatic nitrogens is 2. The summed E-state index contributed by atoms with van der Waals surface area (Å²) in [5, 5.41) is 6.97. The van der Waals surface area contributed by atoms with Crippen molar-refractivity contribution in [3.8, 4) is 11.3 Å². The number of hydrogen-bond donors (Lipinski definition) is 2. The highest BCUT2D eigenvalue weighted by molar-refractivity contribution is 5.64. The molecular formula is C22H24N4. The average molecular weight is 344 g/mol. The highest BCUT2D eigenvalue weighted by Crippen LogP contribution is 2.25. The molecule has 3 aromatic rings. The Labute approximate surface area is 154 Å². The van der Waals surface area contributed by atoms with E-state index < -0.39 is 0 Å². The Balaban J connectivity index is 1.58. The van der Waals surface area contributed by atoms with Gasteiger partial charge in [0.1, 0.15) is 5.82 Å². The third kappa shape index (κ3) is 4.20. The van der Waals surface area contributed by atoms with E-state index in [1.807, 2.05) is 30.3 Å². The molecule has 0 unspecified atom stereocenters. The quantitative estimate of drug-likeness (QED) is 0.652. The summed E-state index contributed by atoms with van der Waals surface area (Å²) in [7, 11) is 0. The number of benzene rings is 2. The van der Waals surface area contributed by atoms with Crippen molar-refractivity contribution >= 4 is 11.8 Å². The van der Waals surface area contributed by atoms with E-state index in [2.05, 4.69) is 47.0 Å². The van der Waals surface area contributed by atoms with E-state index in [0.717, 1.165) is 23.6 Å². The van der Waals surface area contributed by atoms with Crippen LogP contribution >= 0.6 is 0 Å². The maximum absolute atomic E-state index is 4.76. The second kappa shape index (κ2) is 8.00. The van der Waals surface area contributed by atoms with Gasteiger partial charge in [-0.15, -0.1) is 0 Å². The van der Waals surface area contributed by atoms with E-state index in [9.17, 15) is 0 Å². The Hall–Kier alpha value is -2.88. The van der Waals surface area contributed by atoms with Crippen LogP contribution < -0.4 is 10.6 Å². The van der Waals surface area contributed by atoms with Gasteiger partial charge >= 0.3 is 0 Å². The molecule has 2 aromatic carbocycles. The van der Waals surface area contributed by atoms with Crippen molar-refractivity contribution in [1.82, 2.24) is 9.97 Å². The Kier molecular flexibility index (Phi) is 5.10. The van der Waals surface area contributed by atoms with Gasteiger partial charge in [-0.1, -0.05) is 73.5 Å². The summed E-state index contributed by atoms with van der Waals surface area (Å²) in [4.78, 5) is 9.46. The molecule has 4 heteroatoms. The molecule has 0 aliphatic heterocycles. The van der Waals surface area contributed by atoms with Crippen molar-refractivity contribution in [3.63, 3.8) is 0 Å². The van der Waals surface area contributed by atoms with Crippen LogP contribution in [0.5, 0.6) is 0 Å². The molecular weight excluding hydrogens is 320 g/mol. The first-order valence-corrected chi connectivity index (χ1v) is 9.36. The number of nitrogens with one attached hydrogen (secondary N) is 2. The lowest BCUT2D eigenvalue weighted by Gasteiger charge is -2.15. The summed E-state index contributed by atoms with van der Waals surface area (Å²) in [6, 6.07) is 23.2. The van der Waals surface area contributed by atoms with Gasteiger partial charge in [0.15, 0.2) is 0 Å². The van der Waals surface area contributed by atoms with Gasteiger partial charge in [-0.25, -0.2) is 4.98 Å². The van der Waals surface area contributed by atoms with Crippen LogP contribution in [0.25, 0.3) is 11.3 Å². The highest BCUT2D eigenvalue weighted by Gasteiger charge is 2.16. The fraction of sp³-hybridized carbons (Fsp3) is 0.273. The van der Waals surface area contributed by atoms with Crippen molar-refractivity contribution in [2.75, 3.05) is 10.6 Å². The molecule has 0 amide bonds. The lowest BCUT2D eigenvalue weighted by Crippen LogP contribution is -2.17. The second-order valence-corrected chi connectivity index (χ2v) is 6.79. The Morgan fingerprint density at radius 1 is 0.846 bits per heavy atom. The van der Waals surface area contributed by atoms with Crippen LogP contribution in [0.15, 0.2) is 66.7 Å². The zero-order chi connectivity index (χ0) is 17.6. The molecule has 1 aliphatic carbocycles. The van der Waals surface area contributed by atoms with Crippen LogP contribution in [0, 0.1) is 0 Å². The predicted molar refractivity (Wildman–Crippen MR) is 107 cm³/mol. The fourth-order valence-electron chi connectivity index (χ4n) is 3.40. The van der Waals surface area contributed by atoms with Gasteiger partial charge in [-0.3, -0.25) is 0 Å². The molecule has 0 radical (unpaired) electrons. The monoisotopic (exact) mass is 344 g/mol. The molecule has 26 heavy (non-hydrogen) atoms. The minimum Gasteiger partial charge on any atom is -0.366 e. The van der Waals surface area contributed by atoms with Crippen LogP contribution in [-0.2, 0) is 6.54 Å². The lowest BCUT2D eigenvalue weighted by molar-refractivity contribution is 0.744. The van der Waals surface area contributed by atoms with E-state index in [-0.39, 0.29) is 0 Å². The van der Waals surface area contributed by atoms with Gasteiger partial charge in [0.2, 0.25) is 5.95 Å². The van der Waals surface area contributed by atoms with Crippen LogP contribution in [0.2, 0.25) is 0 Å². The van der Waals surface area contributed by atoms with E-state index in [1.165, 1.54) is 31.2 Å². The summed E-state index contributed by atoms with van der Waals surface area (Å²) < 4.78 is 0. The Morgan fingerprint density at radius 2 is 1.54 bits per heavy atom. The molecule has 0 spiro atoms. The van der Waals surface area contributed by atoms with Crippen molar-refractivity contribution in [3.05, 3.63) is 72.3 Å². The van der Waals surface area contributed by atoms with Crippen molar-refractivity contribution < 1.29 is 0 Å². The summed E-state index contributed by atoms with van der Waals surface area (Å²) in [6.45, 7) is 0.745. The summed E-state index contributed by atoms with van der Waals surface area (Å²) in [5.41, 5.74) is 3.28. The van der Waals surface area contributed by atoms with Crippen molar-refractivity contribution in [2.45, 2.75) is 38.3 Å². The first kappa shape index (κ1) is 16.6. The fourth-order valence-corrected chi connectivity index (χ4v) is 3.40. The van der Waals surface area contributed by atoms with Gasteiger partial charge in [0.25, 0.3) is 0 Å². The number of rotatable bonds is 6. The first-order valence-electron chi connectivity index (χ1n) is 9.36. The molecule has 0 atom stereocenters. The highest BCUT2D eigenvalue weighted by atomic mass is 15.2. The maximum atomic E-state index is 4.76. The van der Waals surface area contributed by atoms with Gasteiger partial charge < -0.3 is 10.6 Å². The molecule has 4 rings (SSSR count). The van der Waals surface area contributed by atoms with Gasteiger partial charge in [-0.2, -0.15) is 4.98 Å². The zero-order valence-electron chi connectivity index (χ0n) is 14.9. The van der Waals surface area contributed by atoms with E-state index in [0.29, 0.717) is 12.0 Å². The number of hydrogen-bond acceptors (Lipinski definition) is 4. The summed E-state index contributed by atoms with van der Waals surface area (Å²) >= 11 is 0. The van der Waals surface area contributed by atoms with Crippen LogP contribution in [0.4, 0.5) is 11.8 Å². The van der Waals surface area contributed by atoms with Gasteiger partial charge in [-0.05, 0) is 18.4 Å². The maximum Gasteiger partial charge on any atom is 0.225 e. The van der Waals surface area contributed by atoms with Crippen LogP contribution in [0.3, 0.4) is 0 Å². The molecule has 1 saturated carbocycles. The Morgan fingerprint density at radius 3 is 2.27 bits per heavy atom. The second-order valence-electron chi connectivity index (χ2n) is 6.79. The molecule has 1 heterocycles. The molecule has 0 bridgehead atoms. The van der Waals surface area contributed by atoms with E-state index in [1.54, 1.807) is 0 Å². The SMILES string of the molecule is c1ccc(CNc2cc(-c3ccccc3)nc(NC3CCCC3)n2)cc1. The number of nitrogens with zero attached hydrogens (tertiary/aromatic N) is 2. The van der Waals surface area contributed by atoms with E-state index in [4.69, 9.17) is 9.97 Å². The standard InChI is InChI=1S/C22H24N4/c1-3-9-17(10-4-1)16-23-21-15-20(18-11-5-2-6-12-18)25-22(26-21)24-19-13-7-8-14-19/h1-6,9-12,15,19H,7-8,13-14,16H2,(H2,23,24,25,26). The molecule has 0 saturated heterocycles. The minimum absolute atomic E-state index is 0.489. The zero-order valence-corrected chi connectivity index (χ0v) is 14.9. The minimum atomic E-state index is 0.489. The van der Waals surface area contributed by atoms with Crippen LogP contribution in [0.1, 0.15) is 31.2 Å². The molecule has 1 fully saturated rings. The first-order chi connectivity index (χ1) is 12.9. The molecule has 1 aromatic heterocycles. The topological polar surface area (TPSA) is 49.8 Å². The third-order valence-electron chi connectivity index (χ3n) is 4.80. The normalized spacial score (nSPS) is 14.3. The average Bonchev–Trinajstić information content (AvgIpc) is 3.21. The van der Waals surface area contributed by atoms with E-state index >= 15 is 0 Å². The Bertz CT molecular complexity index is 827. The van der Waals surface area contributed by atoms with Crippen molar-refractivity contribution in [2.24, 2.45) is 0 Å². The summed E-state index contributed by atoms with van der Waals surface area (Å²) in [5.74, 6) is 1.57. The molecule has 2 N–H and O–H groups in total. The third-order valence-corrected chi connectivity index (χ3v) is 4.80. The van der Waals surface area contributed by atoms with Crippen molar-refractivity contribution in [1.29, 1.82) is 0 Å². The van der Waals surface area contributed by atoms with Gasteiger partial charge in [0.05, 0.1) is 5.69 Å². The van der Waals surface area contributed by atoms with Gasteiger partial charge in [0, 0.05) is 24.2 Å². The molecule has 132 valence electrons. The van der Waals surface area contributed by atoms with Crippen LogP contribution in [-0.4, -0.2) is 16.0 Å². The largest absolute Gasteiger partial charge is 0.366 e. The smallest absolute Gasteiger partial charge is 0.225 e. The number of anilines is 2. The lowest BCUT2D eigenvalue weighted by atomic mass is 10.1. The predicted octanol–water partition coefficient (Wildman–Crippen LogP) is 5.11. The summed E-state index contributed by atoms with van der Waals surface area (Å²) in [6.07, 6.45) is 4.97. The molecule has 1 aliphatic rings. The molecule has 4 nitrogen and oxygen atoms in total.